The Bertz CT molecular complexity index is 383. The summed E-state index contributed by atoms with van der Waals surface area (Å²) in [5, 5.41) is 0. The van der Waals surface area contributed by atoms with Gasteiger partial charge in [0.15, 0.2) is 0 Å². The minimum absolute atomic E-state index is 0.0729. The van der Waals surface area contributed by atoms with E-state index in [1.165, 1.54) is 5.56 Å². The molecule has 0 saturated heterocycles. The van der Waals surface area contributed by atoms with Crippen LogP contribution in [0.3, 0.4) is 0 Å². The lowest BCUT2D eigenvalue weighted by atomic mass is 10.2. The summed E-state index contributed by atoms with van der Waals surface area (Å²) < 4.78 is 1.66. The summed E-state index contributed by atoms with van der Waals surface area (Å²) in [7, 11) is 1.78. The van der Waals surface area contributed by atoms with Gasteiger partial charge in [0.1, 0.15) is 0 Å². The van der Waals surface area contributed by atoms with Crippen molar-refractivity contribution in [2.75, 3.05) is 5.73 Å². The highest BCUT2D eigenvalue weighted by Crippen LogP contribution is 2.28. The van der Waals surface area contributed by atoms with Crippen LogP contribution in [0.25, 0.3) is 0 Å². The highest BCUT2D eigenvalue weighted by atomic mass is 32.2. The van der Waals surface area contributed by atoms with Crippen LogP contribution in [-0.2, 0) is 18.6 Å². The Morgan fingerprint density at radius 2 is 2.33 bits per heavy atom. The first kappa shape index (κ1) is 7.73. The molecule has 0 aromatic carbocycles. The molecule has 3 nitrogen and oxygen atoms in total. The number of thioether (sulfide) groups is 1. The molecule has 0 atom stereocenters. The maximum absolute atomic E-state index is 11.4. The van der Waals surface area contributed by atoms with Crippen molar-refractivity contribution in [3.8, 4) is 0 Å². The monoisotopic (exact) mass is 182 g/mol. The number of anilines is 1. The molecule has 1 aromatic heterocycles. The number of nitrogens with two attached hydrogens (primary N) is 1. The first-order valence-corrected chi connectivity index (χ1v) is 4.90. The molecule has 0 radical (unpaired) electrons. The lowest BCUT2D eigenvalue weighted by Gasteiger charge is -2.06. The van der Waals surface area contributed by atoms with E-state index in [0.29, 0.717) is 5.69 Å². The number of fused-ring (bicyclic) bond motifs is 1. The van der Waals surface area contributed by atoms with Gasteiger partial charge in [-0.3, -0.25) is 4.79 Å². The topological polar surface area (TPSA) is 48.0 Å². The highest BCUT2D eigenvalue weighted by Gasteiger charge is 2.15. The summed E-state index contributed by atoms with van der Waals surface area (Å²) in [6, 6.07) is 1.80. The van der Waals surface area contributed by atoms with E-state index in [0.717, 1.165) is 17.2 Å². The number of aromatic nitrogens is 1. The fourth-order valence-corrected chi connectivity index (χ4v) is 2.58. The first-order valence-electron chi connectivity index (χ1n) is 3.75. The second-order valence-corrected chi connectivity index (χ2v) is 3.91. The fourth-order valence-electron chi connectivity index (χ4n) is 1.44. The lowest BCUT2D eigenvalue weighted by Crippen LogP contribution is -2.23. The smallest absolute Gasteiger partial charge is 0.273 e. The summed E-state index contributed by atoms with van der Waals surface area (Å²) in [4.78, 5) is 11.4. The van der Waals surface area contributed by atoms with Crippen LogP contribution < -0.4 is 11.3 Å². The van der Waals surface area contributed by atoms with Crippen molar-refractivity contribution in [2.24, 2.45) is 7.05 Å². The minimum atomic E-state index is -0.0729. The van der Waals surface area contributed by atoms with Gasteiger partial charge < -0.3 is 10.3 Å². The summed E-state index contributed by atoms with van der Waals surface area (Å²) in [6.45, 7) is 0. The van der Waals surface area contributed by atoms with Gasteiger partial charge in [0.2, 0.25) is 0 Å². The molecule has 0 aliphatic carbocycles. The zero-order valence-corrected chi connectivity index (χ0v) is 7.65. The number of nitrogens with zero attached hydrogens (tertiary/aromatic N) is 1. The van der Waals surface area contributed by atoms with E-state index < -0.39 is 0 Å². The van der Waals surface area contributed by atoms with Gasteiger partial charge in [-0.15, -0.1) is 0 Å². The standard InChI is InChI=1S/C8H10N2OS/c1-10-7-4-12-3-5(7)2-6(9)8(10)11/h2H,3-4,9H2,1H3. The van der Waals surface area contributed by atoms with Crippen molar-refractivity contribution in [3.05, 3.63) is 27.7 Å². The van der Waals surface area contributed by atoms with Crippen molar-refractivity contribution in [1.29, 1.82) is 0 Å². The van der Waals surface area contributed by atoms with Crippen LogP contribution in [0.5, 0.6) is 0 Å². The van der Waals surface area contributed by atoms with Crippen molar-refractivity contribution in [2.45, 2.75) is 11.5 Å². The Labute approximate surface area is 74.6 Å². The zero-order valence-electron chi connectivity index (χ0n) is 6.83. The third-order valence-electron chi connectivity index (χ3n) is 2.15. The van der Waals surface area contributed by atoms with Crippen LogP contribution in [0.1, 0.15) is 11.3 Å². The predicted octanol–water partition coefficient (Wildman–Crippen LogP) is 0.714. The van der Waals surface area contributed by atoms with Crippen LogP contribution in [-0.4, -0.2) is 4.57 Å². The average Bonchev–Trinajstić information content (AvgIpc) is 2.48. The largest absolute Gasteiger partial charge is 0.394 e. The molecule has 0 fully saturated rings. The minimum Gasteiger partial charge on any atom is -0.394 e. The molecule has 0 spiro atoms. The van der Waals surface area contributed by atoms with E-state index in [1.807, 2.05) is 11.8 Å². The number of nitrogen functional groups attached to an aromatic ring is 1. The number of pyridine rings is 1. The first-order chi connectivity index (χ1) is 5.70. The molecule has 4 heteroatoms. The molecular weight excluding hydrogens is 172 g/mol. The zero-order chi connectivity index (χ0) is 8.72. The van der Waals surface area contributed by atoms with Gasteiger partial charge in [0, 0.05) is 24.2 Å². The second-order valence-electron chi connectivity index (χ2n) is 2.93. The molecule has 2 rings (SSSR count). The molecular formula is C8H10N2OS. The molecule has 0 bridgehead atoms. The van der Waals surface area contributed by atoms with E-state index in [4.69, 9.17) is 5.73 Å². The van der Waals surface area contributed by atoms with E-state index >= 15 is 0 Å². The SMILES string of the molecule is Cn1c2c(cc(N)c1=O)CSC2. The molecule has 0 unspecified atom stereocenters. The maximum atomic E-state index is 11.4. The predicted molar refractivity (Wildman–Crippen MR) is 51.1 cm³/mol. The Kier molecular flexibility index (Phi) is 1.65. The van der Waals surface area contributed by atoms with E-state index in [9.17, 15) is 4.79 Å². The summed E-state index contributed by atoms with van der Waals surface area (Å²) >= 11 is 1.82. The molecule has 1 aliphatic heterocycles. The van der Waals surface area contributed by atoms with Crippen LogP contribution in [0.15, 0.2) is 10.9 Å². The van der Waals surface area contributed by atoms with Crippen molar-refractivity contribution in [3.63, 3.8) is 0 Å². The Balaban J connectivity index is 2.76. The summed E-state index contributed by atoms with van der Waals surface area (Å²) in [5.41, 5.74) is 8.17. The quantitative estimate of drug-likeness (QED) is 0.643. The molecule has 64 valence electrons. The molecule has 2 heterocycles. The number of hydrogen-bond donors (Lipinski definition) is 1. The average molecular weight is 182 g/mol. The van der Waals surface area contributed by atoms with Crippen molar-refractivity contribution in [1.82, 2.24) is 4.57 Å². The third-order valence-corrected chi connectivity index (χ3v) is 3.15. The normalized spacial score (nSPS) is 14.8. The number of hydrogen-bond acceptors (Lipinski definition) is 3. The Morgan fingerprint density at radius 1 is 1.58 bits per heavy atom. The Hall–Kier alpha value is -0.900. The van der Waals surface area contributed by atoms with Crippen LogP contribution in [0, 0.1) is 0 Å². The van der Waals surface area contributed by atoms with Crippen molar-refractivity contribution >= 4 is 17.4 Å². The second kappa shape index (κ2) is 2.55. The summed E-state index contributed by atoms with van der Waals surface area (Å²) in [5.74, 6) is 1.91. The Morgan fingerprint density at radius 3 is 3.08 bits per heavy atom. The molecule has 1 aliphatic rings. The van der Waals surface area contributed by atoms with Gasteiger partial charge in [-0.25, -0.2) is 0 Å². The van der Waals surface area contributed by atoms with E-state index in [2.05, 4.69) is 0 Å². The van der Waals surface area contributed by atoms with Crippen LogP contribution in [0.2, 0.25) is 0 Å². The van der Waals surface area contributed by atoms with Gasteiger partial charge >= 0.3 is 0 Å². The van der Waals surface area contributed by atoms with Gasteiger partial charge in [-0.05, 0) is 11.6 Å². The molecule has 12 heavy (non-hydrogen) atoms. The van der Waals surface area contributed by atoms with E-state index in [-0.39, 0.29) is 5.56 Å². The molecule has 0 saturated carbocycles. The number of rotatable bonds is 0. The highest BCUT2D eigenvalue weighted by molar-refractivity contribution is 7.98. The van der Waals surface area contributed by atoms with Gasteiger partial charge in [0.05, 0.1) is 5.69 Å². The van der Waals surface area contributed by atoms with Gasteiger partial charge in [-0.1, -0.05) is 0 Å². The lowest BCUT2D eigenvalue weighted by molar-refractivity contribution is 0.811. The van der Waals surface area contributed by atoms with Gasteiger partial charge in [0.25, 0.3) is 5.56 Å². The third kappa shape index (κ3) is 0.948. The van der Waals surface area contributed by atoms with Crippen LogP contribution >= 0.6 is 11.8 Å². The van der Waals surface area contributed by atoms with E-state index in [1.54, 1.807) is 17.7 Å². The molecule has 1 aromatic rings. The fraction of sp³-hybridized carbons (Fsp3) is 0.375. The molecule has 0 amide bonds. The van der Waals surface area contributed by atoms with Gasteiger partial charge in [-0.2, -0.15) is 11.8 Å². The molecule has 2 N–H and O–H groups in total. The summed E-state index contributed by atoms with van der Waals surface area (Å²) in [6.07, 6.45) is 0. The maximum Gasteiger partial charge on any atom is 0.273 e. The van der Waals surface area contributed by atoms with Crippen LogP contribution in [0.4, 0.5) is 5.69 Å². The van der Waals surface area contributed by atoms with Crippen molar-refractivity contribution < 1.29 is 0 Å².